The van der Waals surface area contributed by atoms with Crippen molar-refractivity contribution in [3.63, 3.8) is 0 Å². The van der Waals surface area contributed by atoms with Gasteiger partial charge in [-0.2, -0.15) is 0 Å². The van der Waals surface area contributed by atoms with Crippen molar-refractivity contribution in [2.24, 2.45) is 0 Å². The molecule has 0 aliphatic rings. The van der Waals surface area contributed by atoms with E-state index in [1.165, 1.54) is 6.07 Å². The lowest BCUT2D eigenvalue weighted by Gasteiger charge is -2.06. The zero-order valence-electron chi connectivity index (χ0n) is 8.82. The Labute approximate surface area is 98.8 Å². The SMILES string of the molecule is Cc1nc(Cl)ccc1NC(=O)CS(C)(=O)=O. The Morgan fingerprint density at radius 3 is 2.62 bits per heavy atom. The molecule has 1 aromatic rings. The highest BCUT2D eigenvalue weighted by molar-refractivity contribution is 7.91. The molecule has 0 aliphatic carbocycles. The first kappa shape index (κ1) is 12.9. The van der Waals surface area contributed by atoms with Crippen LogP contribution in [0.3, 0.4) is 0 Å². The maximum absolute atomic E-state index is 11.3. The quantitative estimate of drug-likeness (QED) is 0.826. The fraction of sp³-hybridized carbons (Fsp3) is 0.333. The second-order valence-electron chi connectivity index (χ2n) is 3.39. The second-order valence-corrected chi connectivity index (χ2v) is 5.91. The molecule has 0 atom stereocenters. The predicted molar refractivity (Wildman–Crippen MR) is 62.3 cm³/mol. The van der Waals surface area contributed by atoms with Gasteiger partial charge in [-0.25, -0.2) is 13.4 Å². The van der Waals surface area contributed by atoms with Crippen LogP contribution in [-0.2, 0) is 14.6 Å². The summed E-state index contributed by atoms with van der Waals surface area (Å²) in [5, 5.41) is 2.77. The van der Waals surface area contributed by atoms with Gasteiger partial charge < -0.3 is 5.32 Å². The molecule has 0 saturated carbocycles. The molecule has 1 heterocycles. The summed E-state index contributed by atoms with van der Waals surface area (Å²) in [6.07, 6.45) is 1.000. The average Bonchev–Trinajstić information content (AvgIpc) is 2.06. The van der Waals surface area contributed by atoms with E-state index in [-0.39, 0.29) is 0 Å². The van der Waals surface area contributed by atoms with E-state index in [1.54, 1.807) is 13.0 Å². The summed E-state index contributed by atoms with van der Waals surface area (Å²) in [5.74, 6) is -1.13. The molecule has 0 aliphatic heterocycles. The highest BCUT2D eigenvalue weighted by atomic mass is 35.5. The summed E-state index contributed by atoms with van der Waals surface area (Å²) < 4.78 is 21.7. The molecule has 0 aromatic carbocycles. The van der Waals surface area contributed by atoms with Crippen molar-refractivity contribution in [2.45, 2.75) is 6.92 Å². The molecule has 1 amide bonds. The minimum absolute atomic E-state index is 0.318. The Hall–Kier alpha value is -1.14. The normalized spacial score (nSPS) is 11.2. The van der Waals surface area contributed by atoms with E-state index in [4.69, 9.17) is 11.6 Å². The van der Waals surface area contributed by atoms with Crippen LogP contribution in [0.4, 0.5) is 5.69 Å². The van der Waals surface area contributed by atoms with Crippen LogP contribution in [0.2, 0.25) is 5.15 Å². The van der Waals surface area contributed by atoms with Gasteiger partial charge in [-0.15, -0.1) is 0 Å². The molecule has 5 nitrogen and oxygen atoms in total. The van der Waals surface area contributed by atoms with Crippen molar-refractivity contribution in [1.29, 1.82) is 0 Å². The topological polar surface area (TPSA) is 76.1 Å². The van der Waals surface area contributed by atoms with Gasteiger partial charge in [0.1, 0.15) is 10.9 Å². The zero-order chi connectivity index (χ0) is 12.3. The largest absolute Gasteiger partial charge is 0.324 e. The Balaban J connectivity index is 2.78. The molecule has 1 N–H and O–H groups in total. The summed E-state index contributed by atoms with van der Waals surface area (Å²) in [6.45, 7) is 1.67. The van der Waals surface area contributed by atoms with Gasteiger partial charge >= 0.3 is 0 Å². The van der Waals surface area contributed by atoms with Crippen molar-refractivity contribution in [2.75, 3.05) is 17.3 Å². The van der Waals surface area contributed by atoms with Gasteiger partial charge in [0.25, 0.3) is 0 Å². The smallest absolute Gasteiger partial charge is 0.239 e. The van der Waals surface area contributed by atoms with Crippen LogP contribution in [0.15, 0.2) is 12.1 Å². The van der Waals surface area contributed by atoms with Gasteiger partial charge in [-0.1, -0.05) is 11.6 Å². The first-order valence-corrected chi connectivity index (χ1v) is 6.82. The Kier molecular flexibility index (Phi) is 3.88. The number of amides is 1. The van der Waals surface area contributed by atoms with Crippen LogP contribution >= 0.6 is 11.6 Å². The third kappa shape index (κ3) is 4.16. The second kappa shape index (κ2) is 4.80. The molecule has 0 fully saturated rings. The lowest BCUT2D eigenvalue weighted by Crippen LogP contribution is -2.22. The van der Waals surface area contributed by atoms with E-state index in [0.717, 1.165) is 6.26 Å². The number of anilines is 1. The first-order valence-electron chi connectivity index (χ1n) is 4.38. The first-order chi connectivity index (χ1) is 7.28. The van der Waals surface area contributed by atoms with E-state index < -0.39 is 21.5 Å². The highest BCUT2D eigenvalue weighted by Gasteiger charge is 2.12. The molecule has 0 radical (unpaired) electrons. The van der Waals surface area contributed by atoms with Gasteiger partial charge in [0, 0.05) is 6.26 Å². The monoisotopic (exact) mass is 262 g/mol. The van der Waals surface area contributed by atoms with E-state index in [9.17, 15) is 13.2 Å². The number of hydrogen-bond donors (Lipinski definition) is 1. The van der Waals surface area contributed by atoms with Gasteiger partial charge in [0.2, 0.25) is 5.91 Å². The number of carbonyl (C=O) groups excluding carboxylic acids is 1. The molecular weight excluding hydrogens is 252 g/mol. The van der Waals surface area contributed by atoms with Crippen LogP contribution in [0, 0.1) is 6.92 Å². The lowest BCUT2D eigenvalue weighted by atomic mass is 10.3. The summed E-state index contributed by atoms with van der Waals surface area (Å²) in [6, 6.07) is 3.09. The van der Waals surface area contributed by atoms with Crippen molar-refractivity contribution in [3.8, 4) is 0 Å². The molecule has 0 spiro atoms. The van der Waals surface area contributed by atoms with Crippen molar-refractivity contribution < 1.29 is 13.2 Å². The Morgan fingerprint density at radius 1 is 1.50 bits per heavy atom. The summed E-state index contributed by atoms with van der Waals surface area (Å²) in [4.78, 5) is 15.2. The number of aryl methyl sites for hydroxylation is 1. The zero-order valence-corrected chi connectivity index (χ0v) is 10.4. The molecule has 1 rings (SSSR count). The summed E-state index contributed by atoms with van der Waals surface area (Å²) >= 11 is 5.64. The van der Waals surface area contributed by atoms with E-state index in [0.29, 0.717) is 16.5 Å². The summed E-state index contributed by atoms with van der Waals surface area (Å²) in [5.41, 5.74) is 0.993. The number of nitrogens with one attached hydrogen (secondary N) is 1. The molecular formula is C9H11ClN2O3S. The summed E-state index contributed by atoms with van der Waals surface area (Å²) in [7, 11) is -3.32. The number of hydrogen-bond acceptors (Lipinski definition) is 4. The Bertz CT molecular complexity index is 513. The van der Waals surface area contributed by atoms with E-state index in [1.807, 2.05) is 0 Å². The standard InChI is InChI=1S/C9H11ClN2O3S/c1-6-7(3-4-8(10)11-6)12-9(13)5-16(2,14)15/h3-4H,5H2,1-2H3,(H,12,13). The van der Waals surface area contributed by atoms with E-state index >= 15 is 0 Å². The van der Waals surface area contributed by atoms with Crippen LogP contribution in [0.25, 0.3) is 0 Å². The maximum Gasteiger partial charge on any atom is 0.239 e. The van der Waals surface area contributed by atoms with Crippen LogP contribution in [-0.4, -0.2) is 31.3 Å². The van der Waals surface area contributed by atoms with Crippen molar-refractivity contribution in [3.05, 3.63) is 23.0 Å². The molecule has 7 heteroatoms. The van der Waals surface area contributed by atoms with Gasteiger partial charge in [0.05, 0.1) is 11.4 Å². The fourth-order valence-electron chi connectivity index (χ4n) is 1.09. The number of halogens is 1. The maximum atomic E-state index is 11.3. The molecule has 16 heavy (non-hydrogen) atoms. The third-order valence-corrected chi connectivity index (χ3v) is 2.72. The van der Waals surface area contributed by atoms with E-state index in [2.05, 4.69) is 10.3 Å². The highest BCUT2D eigenvalue weighted by Crippen LogP contribution is 2.15. The number of aromatic nitrogens is 1. The molecule has 0 unspecified atom stereocenters. The number of sulfone groups is 1. The molecule has 1 aromatic heterocycles. The van der Waals surface area contributed by atoms with Crippen LogP contribution in [0.5, 0.6) is 0 Å². The van der Waals surface area contributed by atoms with Crippen LogP contribution in [0.1, 0.15) is 5.69 Å². The predicted octanol–water partition coefficient (Wildman–Crippen LogP) is 1.03. The molecule has 0 saturated heterocycles. The third-order valence-electron chi connectivity index (χ3n) is 1.72. The van der Waals surface area contributed by atoms with Gasteiger partial charge in [-0.05, 0) is 19.1 Å². The van der Waals surface area contributed by atoms with Gasteiger partial charge in [-0.3, -0.25) is 4.79 Å². The fourth-order valence-corrected chi connectivity index (χ4v) is 1.83. The number of pyridine rings is 1. The average molecular weight is 263 g/mol. The minimum atomic E-state index is -3.32. The van der Waals surface area contributed by atoms with Crippen molar-refractivity contribution in [1.82, 2.24) is 4.98 Å². The van der Waals surface area contributed by atoms with Crippen molar-refractivity contribution >= 4 is 33.0 Å². The lowest BCUT2D eigenvalue weighted by molar-refractivity contribution is -0.113. The van der Waals surface area contributed by atoms with Gasteiger partial charge in [0.15, 0.2) is 9.84 Å². The Morgan fingerprint density at radius 2 is 2.12 bits per heavy atom. The number of nitrogens with zero attached hydrogens (tertiary/aromatic N) is 1. The molecule has 88 valence electrons. The molecule has 0 bridgehead atoms. The van der Waals surface area contributed by atoms with Crippen LogP contribution < -0.4 is 5.32 Å². The number of carbonyl (C=O) groups is 1. The minimum Gasteiger partial charge on any atom is -0.324 e. The number of rotatable bonds is 3.